The molecule has 0 spiro atoms. The van der Waals surface area contributed by atoms with Gasteiger partial charge in [-0.3, -0.25) is 4.79 Å². The van der Waals surface area contributed by atoms with E-state index in [4.69, 9.17) is 9.47 Å². The molecule has 4 atom stereocenters. The zero-order valence-corrected chi connectivity index (χ0v) is 20.1. The van der Waals surface area contributed by atoms with E-state index in [9.17, 15) is 9.59 Å². The van der Waals surface area contributed by atoms with Crippen molar-refractivity contribution in [2.24, 2.45) is 17.3 Å². The van der Waals surface area contributed by atoms with Gasteiger partial charge in [-0.25, -0.2) is 4.79 Å². The summed E-state index contributed by atoms with van der Waals surface area (Å²) in [6, 6.07) is 0. The van der Waals surface area contributed by atoms with Gasteiger partial charge in [-0.2, -0.15) is 0 Å². The van der Waals surface area contributed by atoms with Crippen LogP contribution in [0.3, 0.4) is 0 Å². The molecule has 4 heteroatoms. The smallest absolute Gasteiger partial charge is 0.331 e. The van der Waals surface area contributed by atoms with E-state index < -0.39 is 11.4 Å². The first kappa shape index (κ1) is 28.1. The Morgan fingerprint density at radius 2 is 1.77 bits per heavy atom. The minimum absolute atomic E-state index is 0.0428. The molecule has 0 aromatic rings. The van der Waals surface area contributed by atoms with E-state index in [-0.39, 0.29) is 29.8 Å². The molecular weight excluding hydrogens is 376 g/mol. The third-order valence-electron chi connectivity index (χ3n) is 5.68. The summed E-state index contributed by atoms with van der Waals surface area (Å²) >= 11 is 0. The number of hydrogen-bond acceptors (Lipinski definition) is 4. The fourth-order valence-electron chi connectivity index (χ4n) is 3.62. The molecule has 0 aliphatic carbocycles. The van der Waals surface area contributed by atoms with E-state index >= 15 is 0 Å². The van der Waals surface area contributed by atoms with Gasteiger partial charge in [-0.15, -0.1) is 13.2 Å². The number of rotatable bonds is 15. The first-order valence-corrected chi connectivity index (χ1v) is 10.9. The van der Waals surface area contributed by atoms with Crippen LogP contribution in [0.1, 0.15) is 67.2 Å². The van der Waals surface area contributed by atoms with Gasteiger partial charge < -0.3 is 9.47 Å². The maximum atomic E-state index is 13.2. The van der Waals surface area contributed by atoms with Crippen LogP contribution in [0.5, 0.6) is 0 Å². The highest BCUT2D eigenvalue weighted by Crippen LogP contribution is 2.30. The Kier molecular flexibility index (Phi) is 13.2. The van der Waals surface area contributed by atoms with Gasteiger partial charge in [0.25, 0.3) is 0 Å². The van der Waals surface area contributed by atoms with Gasteiger partial charge in [0, 0.05) is 30.9 Å². The van der Waals surface area contributed by atoms with Gasteiger partial charge >= 0.3 is 5.97 Å². The molecule has 170 valence electrons. The van der Waals surface area contributed by atoms with Crippen LogP contribution in [0.2, 0.25) is 0 Å². The Bertz CT molecular complexity index is 627. The molecule has 0 saturated carbocycles. The second-order valence-electron chi connectivity index (χ2n) is 8.59. The number of carbonyl (C=O) groups excluding carboxylic acids is 2. The molecule has 0 bridgehead atoms. The molecule has 4 unspecified atom stereocenters. The van der Waals surface area contributed by atoms with Crippen molar-refractivity contribution < 1.29 is 19.1 Å². The molecule has 0 aromatic heterocycles. The molecule has 0 aromatic carbocycles. The van der Waals surface area contributed by atoms with Crippen LogP contribution >= 0.6 is 0 Å². The lowest BCUT2D eigenvalue weighted by Gasteiger charge is -2.32. The van der Waals surface area contributed by atoms with Crippen molar-refractivity contribution >= 4 is 11.8 Å². The topological polar surface area (TPSA) is 52.6 Å². The molecule has 0 aliphatic rings. The van der Waals surface area contributed by atoms with Crippen molar-refractivity contribution in [2.45, 2.75) is 79.4 Å². The van der Waals surface area contributed by atoms with Crippen LogP contribution < -0.4 is 0 Å². The lowest BCUT2D eigenvalue weighted by molar-refractivity contribution is -0.141. The van der Waals surface area contributed by atoms with Gasteiger partial charge in [0.15, 0.2) is 0 Å². The van der Waals surface area contributed by atoms with Crippen LogP contribution in [-0.2, 0) is 19.1 Å². The van der Waals surface area contributed by atoms with E-state index in [0.29, 0.717) is 6.42 Å². The molecule has 0 rings (SSSR count). The Balaban J connectivity index is 5.17. The number of ketones is 1. The van der Waals surface area contributed by atoms with Crippen molar-refractivity contribution in [2.75, 3.05) is 7.11 Å². The van der Waals surface area contributed by atoms with Gasteiger partial charge in [0.2, 0.25) is 0 Å². The second-order valence-corrected chi connectivity index (χ2v) is 8.59. The van der Waals surface area contributed by atoms with Gasteiger partial charge in [0.1, 0.15) is 11.9 Å². The number of carbonyl (C=O) groups is 2. The van der Waals surface area contributed by atoms with Crippen molar-refractivity contribution in [3.63, 3.8) is 0 Å². The highest BCUT2D eigenvalue weighted by atomic mass is 16.5. The highest BCUT2D eigenvalue weighted by molar-refractivity contribution is 5.90. The number of esters is 1. The average Bonchev–Trinajstić information content (AvgIpc) is 2.71. The van der Waals surface area contributed by atoms with Crippen molar-refractivity contribution in [3.05, 3.63) is 49.1 Å². The van der Waals surface area contributed by atoms with Gasteiger partial charge in [0.05, 0.1) is 6.10 Å². The van der Waals surface area contributed by atoms with Crippen LogP contribution in [0.25, 0.3) is 0 Å². The summed E-state index contributed by atoms with van der Waals surface area (Å²) < 4.78 is 11.2. The van der Waals surface area contributed by atoms with Crippen LogP contribution in [0.4, 0.5) is 0 Å². The molecule has 0 saturated heterocycles. The molecule has 0 radical (unpaired) electrons. The quantitative estimate of drug-likeness (QED) is 0.137. The van der Waals surface area contributed by atoms with E-state index in [2.05, 4.69) is 20.1 Å². The summed E-state index contributed by atoms with van der Waals surface area (Å²) in [7, 11) is 1.65. The number of methoxy groups -OCH3 is 1. The first-order valence-electron chi connectivity index (χ1n) is 10.9. The second kappa shape index (κ2) is 14.1. The van der Waals surface area contributed by atoms with Gasteiger partial charge in [-0.1, -0.05) is 38.2 Å². The third kappa shape index (κ3) is 9.25. The number of unbranched alkanes of at least 4 members (excludes halogenated alkanes) is 1. The van der Waals surface area contributed by atoms with Crippen LogP contribution in [0, 0.1) is 17.3 Å². The summed E-state index contributed by atoms with van der Waals surface area (Å²) in [6.07, 6.45) is 11.6. The third-order valence-corrected chi connectivity index (χ3v) is 5.68. The minimum Gasteiger partial charge on any atom is -0.454 e. The molecular formula is C26H42O4. The lowest BCUT2D eigenvalue weighted by atomic mass is 9.76. The predicted molar refractivity (Wildman–Crippen MR) is 125 cm³/mol. The molecule has 0 N–H and O–H groups in total. The molecule has 0 fully saturated rings. The Morgan fingerprint density at radius 1 is 1.13 bits per heavy atom. The summed E-state index contributed by atoms with van der Waals surface area (Å²) in [4.78, 5) is 25.5. The molecule has 4 nitrogen and oxygen atoms in total. The summed E-state index contributed by atoms with van der Waals surface area (Å²) in [5.41, 5.74) is 0.161. The predicted octanol–water partition coefficient (Wildman–Crippen LogP) is 6.24. The fraction of sp³-hybridized carbons (Fsp3) is 0.615. The minimum atomic E-state index is -0.806. The first-order chi connectivity index (χ1) is 14.0. The Hall–Kier alpha value is -1.94. The summed E-state index contributed by atoms with van der Waals surface area (Å²) in [5.74, 6) is -0.454. The number of ether oxygens (including phenoxy) is 2. The summed E-state index contributed by atoms with van der Waals surface area (Å²) in [6.45, 7) is 19.0. The van der Waals surface area contributed by atoms with Crippen molar-refractivity contribution in [1.82, 2.24) is 0 Å². The Morgan fingerprint density at radius 3 is 2.27 bits per heavy atom. The lowest BCUT2D eigenvalue weighted by Crippen LogP contribution is -2.39. The van der Waals surface area contributed by atoms with Crippen LogP contribution in [0.15, 0.2) is 49.1 Å². The molecule has 30 heavy (non-hydrogen) atoms. The Labute approximate surface area is 184 Å². The largest absolute Gasteiger partial charge is 0.454 e. The maximum absolute atomic E-state index is 13.2. The number of hydrogen-bond donors (Lipinski definition) is 0. The maximum Gasteiger partial charge on any atom is 0.331 e. The van der Waals surface area contributed by atoms with Crippen LogP contribution in [-0.4, -0.2) is 31.1 Å². The van der Waals surface area contributed by atoms with Crippen molar-refractivity contribution in [3.8, 4) is 0 Å². The standard InChI is InChI=1S/C26H42O4/c1-10-13-14-16-20(5)24(29-9)21(6)25(28)26(7,8)18-17-23(27)30-22(15-11-2)19(4)12-3/h10-12,17-18,20-22,24H,1-2,13-16H2,3-9H3/b18-17+,19-12+. The molecule has 0 heterocycles. The highest BCUT2D eigenvalue weighted by Gasteiger charge is 2.36. The normalized spacial score (nSPS) is 16.6. The number of allylic oxidation sites excluding steroid dienone is 3. The number of Topliss-reactive ketones (excluding diaryl/α,β-unsaturated/α-hetero) is 1. The van der Waals surface area contributed by atoms with Crippen molar-refractivity contribution in [1.29, 1.82) is 0 Å². The average molecular weight is 419 g/mol. The van der Waals surface area contributed by atoms with E-state index in [1.165, 1.54) is 6.08 Å². The SMILES string of the molecule is C=CCCCC(C)C(OC)C(C)C(=O)C(C)(C)/C=C/C(=O)OC(CC=C)/C(C)=C/C. The van der Waals surface area contributed by atoms with E-state index in [1.807, 2.05) is 46.8 Å². The fourth-order valence-corrected chi connectivity index (χ4v) is 3.62. The zero-order chi connectivity index (χ0) is 23.3. The molecule has 0 aliphatic heterocycles. The van der Waals surface area contributed by atoms with Gasteiger partial charge in [-0.05, 0) is 58.4 Å². The summed E-state index contributed by atoms with van der Waals surface area (Å²) in [5, 5.41) is 0. The van der Waals surface area contributed by atoms with E-state index in [0.717, 1.165) is 24.8 Å². The van der Waals surface area contributed by atoms with E-state index in [1.54, 1.807) is 19.3 Å². The monoisotopic (exact) mass is 418 g/mol. The molecule has 0 amide bonds. The zero-order valence-electron chi connectivity index (χ0n) is 20.1.